The van der Waals surface area contributed by atoms with Gasteiger partial charge in [-0.2, -0.15) is 0 Å². The molecule has 8 heavy (non-hydrogen) atoms. The first-order valence-electron chi connectivity index (χ1n) is 2.34. The van der Waals surface area contributed by atoms with Crippen molar-refractivity contribution in [1.29, 1.82) is 0 Å². The van der Waals surface area contributed by atoms with Crippen molar-refractivity contribution in [3.8, 4) is 0 Å². The lowest BCUT2D eigenvalue weighted by atomic mass is 10.1. The second-order valence-corrected chi connectivity index (χ2v) is 5.69. The summed E-state index contributed by atoms with van der Waals surface area (Å²) in [6.07, 6.45) is 0. The second kappa shape index (κ2) is 2.73. The smallest absolute Gasteiger partial charge is 0.0709 e. The van der Waals surface area contributed by atoms with E-state index < -0.39 is 0 Å². The number of hydrogen-bond acceptors (Lipinski definition) is 4. The Balaban J connectivity index is 2.20. The zero-order chi connectivity index (χ0) is 6.04. The molecule has 0 aliphatic carbocycles. The molecule has 0 spiro atoms. The molecule has 0 N–H and O–H groups in total. The summed E-state index contributed by atoms with van der Waals surface area (Å²) in [6.45, 7) is 3.95. The first-order valence-corrected chi connectivity index (χ1v) is 5.54. The molecule has 1 heterocycles. The van der Waals surface area contributed by atoms with Gasteiger partial charge in [-0.15, -0.1) is 0 Å². The first-order chi connectivity index (χ1) is 3.77. The van der Waals surface area contributed by atoms with Gasteiger partial charge in [0.25, 0.3) is 0 Å². The Labute approximate surface area is 62.1 Å². The molecular formula is C4H8OS3. The van der Waals surface area contributed by atoms with Gasteiger partial charge in [0.1, 0.15) is 0 Å². The monoisotopic (exact) mass is 168 g/mol. The van der Waals surface area contributed by atoms with E-state index in [9.17, 15) is 0 Å². The highest BCUT2D eigenvalue weighted by Crippen LogP contribution is 2.42. The third-order valence-electron chi connectivity index (χ3n) is 1.05. The zero-order valence-electron chi connectivity index (χ0n) is 4.59. The van der Waals surface area contributed by atoms with E-state index in [0.29, 0.717) is 4.75 Å². The van der Waals surface area contributed by atoms with Crippen molar-refractivity contribution >= 4 is 32.3 Å². The molecule has 0 aromatic carbocycles. The molecule has 0 unspecified atom stereocenters. The molecule has 1 aliphatic rings. The molecule has 0 radical (unpaired) electrons. The van der Waals surface area contributed by atoms with E-state index in [4.69, 9.17) is 4.74 Å². The van der Waals surface area contributed by atoms with Crippen LogP contribution in [0.4, 0.5) is 0 Å². The van der Waals surface area contributed by atoms with Gasteiger partial charge in [0.2, 0.25) is 0 Å². The third kappa shape index (κ3) is 1.50. The SMILES string of the molecule is CC1(SSS)COC1. The summed E-state index contributed by atoms with van der Waals surface area (Å²) in [5, 5.41) is 0. The minimum Gasteiger partial charge on any atom is -0.378 e. The summed E-state index contributed by atoms with van der Waals surface area (Å²) in [5.41, 5.74) is 0. The lowest BCUT2D eigenvalue weighted by Crippen LogP contribution is -2.42. The first kappa shape index (κ1) is 7.12. The van der Waals surface area contributed by atoms with E-state index in [2.05, 4.69) is 18.6 Å². The van der Waals surface area contributed by atoms with Crippen molar-refractivity contribution in [3.63, 3.8) is 0 Å². The Morgan fingerprint density at radius 2 is 2.25 bits per heavy atom. The predicted octanol–water partition coefficient (Wildman–Crippen LogP) is 2.00. The predicted molar refractivity (Wildman–Crippen MR) is 43.4 cm³/mol. The van der Waals surface area contributed by atoms with Crippen molar-refractivity contribution in [3.05, 3.63) is 0 Å². The Kier molecular flexibility index (Phi) is 2.43. The average Bonchev–Trinajstić information content (AvgIpc) is 1.64. The number of hydrogen-bond donors (Lipinski definition) is 1. The van der Waals surface area contributed by atoms with Gasteiger partial charge in [0.15, 0.2) is 0 Å². The van der Waals surface area contributed by atoms with Crippen molar-refractivity contribution in [2.24, 2.45) is 0 Å². The van der Waals surface area contributed by atoms with Crippen molar-refractivity contribution < 1.29 is 4.74 Å². The summed E-state index contributed by atoms with van der Waals surface area (Å²) in [6, 6.07) is 0. The van der Waals surface area contributed by atoms with Gasteiger partial charge < -0.3 is 4.74 Å². The minimum atomic E-state index is 0.354. The van der Waals surface area contributed by atoms with Gasteiger partial charge in [-0.3, -0.25) is 0 Å². The van der Waals surface area contributed by atoms with Crippen LogP contribution in [0.1, 0.15) is 6.92 Å². The molecule has 0 atom stereocenters. The Morgan fingerprint density at radius 1 is 1.62 bits per heavy atom. The zero-order valence-corrected chi connectivity index (χ0v) is 7.11. The van der Waals surface area contributed by atoms with Crippen molar-refractivity contribution in [2.75, 3.05) is 13.2 Å². The van der Waals surface area contributed by atoms with Crippen LogP contribution in [0.2, 0.25) is 0 Å². The quantitative estimate of drug-likeness (QED) is 0.499. The molecule has 1 fully saturated rings. The van der Waals surface area contributed by atoms with Gasteiger partial charge in [0.05, 0.1) is 18.0 Å². The van der Waals surface area contributed by atoms with E-state index in [-0.39, 0.29) is 0 Å². The Bertz CT molecular complexity index is 81.4. The van der Waals surface area contributed by atoms with Crippen LogP contribution in [0.25, 0.3) is 0 Å². The fourth-order valence-electron chi connectivity index (χ4n) is 0.528. The highest BCUT2D eigenvalue weighted by Gasteiger charge is 2.33. The maximum absolute atomic E-state index is 5.02. The topological polar surface area (TPSA) is 9.23 Å². The van der Waals surface area contributed by atoms with Gasteiger partial charge in [-0.25, -0.2) is 0 Å². The molecule has 0 saturated carbocycles. The maximum Gasteiger partial charge on any atom is 0.0709 e. The summed E-state index contributed by atoms with van der Waals surface area (Å²) >= 11 is 4.03. The molecule has 4 heteroatoms. The van der Waals surface area contributed by atoms with Gasteiger partial charge in [0, 0.05) is 0 Å². The van der Waals surface area contributed by atoms with E-state index in [1.165, 1.54) is 9.83 Å². The summed E-state index contributed by atoms with van der Waals surface area (Å²) < 4.78 is 5.38. The van der Waals surface area contributed by atoms with Crippen LogP contribution in [-0.2, 0) is 4.74 Å². The second-order valence-electron chi connectivity index (χ2n) is 2.10. The molecule has 0 aromatic rings. The van der Waals surface area contributed by atoms with Crippen molar-refractivity contribution in [2.45, 2.75) is 11.7 Å². The Morgan fingerprint density at radius 3 is 2.38 bits per heavy atom. The van der Waals surface area contributed by atoms with Crippen LogP contribution >= 0.6 is 32.3 Å². The van der Waals surface area contributed by atoms with Gasteiger partial charge >= 0.3 is 0 Å². The lowest BCUT2D eigenvalue weighted by molar-refractivity contribution is 0.000724. The van der Waals surface area contributed by atoms with Crippen molar-refractivity contribution in [1.82, 2.24) is 0 Å². The fraction of sp³-hybridized carbons (Fsp3) is 1.00. The maximum atomic E-state index is 5.02. The molecule has 0 bridgehead atoms. The highest BCUT2D eigenvalue weighted by molar-refractivity contribution is 9.05. The van der Waals surface area contributed by atoms with E-state index >= 15 is 0 Å². The van der Waals surface area contributed by atoms with Crippen LogP contribution in [0.5, 0.6) is 0 Å². The molecule has 1 aliphatic heterocycles. The molecule has 1 nitrogen and oxygen atoms in total. The molecule has 0 aromatic heterocycles. The van der Waals surface area contributed by atoms with E-state index in [1.54, 1.807) is 10.8 Å². The highest BCUT2D eigenvalue weighted by atomic mass is 33.5. The summed E-state index contributed by atoms with van der Waals surface area (Å²) in [4.78, 5) is 0. The standard InChI is InChI=1S/C4H8OS3/c1-4(7-8-6)2-5-3-4/h6H,2-3H2,1H3. The van der Waals surface area contributed by atoms with E-state index in [1.807, 2.05) is 0 Å². The average molecular weight is 168 g/mol. The molecule has 0 amide bonds. The molecule has 1 rings (SSSR count). The van der Waals surface area contributed by atoms with Crippen LogP contribution < -0.4 is 0 Å². The van der Waals surface area contributed by atoms with E-state index in [0.717, 1.165) is 13.2 Å². The van der Waals surface area contributed by atoms with Crippen LogP contribution in [-0.4, -0.2) is 18.0 Å². The summed E-state index contributed by atoms with van der Waals surface area (Å²) in [5.74, 6) is 0. The van der Waals surface area contributed by atoms with Gasteiger partial charge in [-0.1, -0.05) is 22.5 Å². The van der Waals surface area contributed by atoms with Crippen LogP contribution in [0, 0.1) is 0 Å². The van der Waals surface area contributed by atoms with Crippen LogP contribution in [0.3, 0.4) is 0 Å². The third-order valence-corrected chi connectivity index (χ3v) is 3.87. The number of ether oxygens (including phenoxy) is 1. The number of thiol groups is 1. The van der Waals surface area contributed by atoms with Crippen LogP contribution in [0.15, 0.2) is 0 Å². The molecule has 48 valence electrons. The molecule has 1 saturated heterocycles. The van der Waals surface area contributed by atoms with Gasteiger partial charge in [-0.05, 0) is 16.7 Å². The fourth-order valence-corrected chi connectivity index (χ4v) is 3.42. The lowest BCUT2D eigenvalue weighted by Gasteiger charge is -2.35. The number of rotatable bonds is 2. The molecular weight excluding hydrogens is 160 g/mol. The minimum absolute atomic E-state index is 0.354. The normalized spacial score (nSPS) is 24.8. The summed E-state index contributed by atoms with van der Waals surface area (Å²) in [7, 11) is 3.29. The largest absolute Gasteiger partial charge is 0.378 e. The Hall–Kier alpha value is 1.01.